The first-order chi connectivity index (χ1) is 18.6. The lowest BCUT2D eigenvalue weighted by molar-refractivity contribution is -0.139. The van der Waals surface area contributed by atoms with Crippen LogP contribution in [-0.4, -0.2) is 37.5 Å². The Labute approximate surface area is 239 Å². The molecule has 0 amide bonds. The van der Waals surface area contributed by atoms with E-state index in [1.54, 1.807) is 50.3 Å². The average molecular weight is 592 g/mol. The fourth-order valence-electron chi connectivity index (χ4n) is 4.36. The smallest absolute Gasteiger partial charge is 0.338 e. The van der Waals surface area contributed by atoms with Gasteiger partial charge in [-0.3, -0.25) is 9.36 Å². The number of carbonyl (C=O) groups excluding carboxylic acids is 1. The first kappa shape index (κ1) is 28.7. The summed E-state index contributed by atoms with van der Waals surface area (Å²) >= 11 is 13.7. The Hall–Kier alpha value is -3.27. The molecular formula is C28H28Cl2N2O6S. The van der Waals surface area contributed by atoms with Crippen LogP contribution in [0.25, 0.3) is 6.08 Å². The number of halogens is 2. The van der Waals surface area contributed by atoms with E-state index in [2.05, 4.69) is 4.99 Å². The van der Waals surface area contributed by atoms with Gasteiger partial charge in [0.05, 0.1) is 53.8 Å². The van der Waals surface area contributed by atoms with Crippen molar-refractivity contribution in [2.24, 2.45) is 4.99 Å². The topological polar surface area (TPSA) is 88.4 Å². The Morgan fingerprint density at radius 3 is 2.54 bits per heavy atom. The maximum absolute atomic E-state index is 13.9. The molecule has 0 aliphatic carbocycles. The molecule has 39 heavy (non-hydrogen) atoms. The highest BCUT2D eigenvalue weighted by Crippen LogP contribution is 2.37. The largest absolute Gasteiger partial charge is 0.495 e. The number of aromatic nitrogens is 1. The van der Waals surface area contributed by atoms with E-state index < -0.39 is 12.0 Å². The van der Waals surface area contributed by atoms with Crippen LogP contribution in [-0.2, 0) is 9.53 Å². The van der Waals surface area contributed by atoms with Gasteiger partial charge in [-0.15, -0.1) is 0 Å². The molecule has 2 aromatic carbocycles. The van der Waals surface area contributed by atoms with E-state index in [1.165, 1.54) is 30.1 Å². The molecule has 0 radical (unpaired) electrons. The Morgan fingerprint density at radius 2 is 1.90 bits per heavy atom. The van der Waals surface area contributed by atoms with Gasteiger partial charge < -0.3 is 18.9 Å². The second-order valence-electron chi connectivity index (χ2n) is 8.89. The van der Waals surface area contributed by atoms with Crippen molar-refractivity contribution in [3.8, 4) is 17.2 Å². The number of allylic oxidation sites excluding steroid dienone is 1. The summed E-state index contributed by atoms with van der Waals surface area (Å²) in [5.74, 6) is 0.853. The lowest BCUT2D eigenvalue weighted by atomic mass is 9.95. The van der Waals surface area contributed by atoms with E-state index in [1.807, 2.05) is 13.8 Å². The third-order valence-electron chi connectivity index (χ3n) is 5.91. The Bertz CT molecular complexity index is 1640. The van der Waals surface area contributed by atoms with Gasteiger partial charge in [0.2, 0.25) is 0 Å². The normalized spacial score (nSPS) is 15.2. The van der Waals surface area contributed by atoms with Crippen molar-refractivity contribution in [3.63, 3.8) is 0 Å². The monoisotopic (exact) mass is 590 g/mol. The maximum atomic E-state index is 13.9. The predicted octanol–water partition coefficient (Wildman–Crippen LogP) is 4.91. The van der Waals surface area contributed by atoms with Crippen LogP contribution in [0.1, 0.15) is 44.9 Å². The molecule has 2 heterocycles. The van der Waals surface area contributed by atoms with Crippen molar-refractivity contribution in [1.82, 2.24) is 4.57 Å². The molecule has 0 saturated heterocycles. The quantitative estimate of drug-likeness (QED) is 0.346. The summed E-state index contributed by atoms with van der Waals surface area (Å²) in [4.78, 5) is 32.1. The van der Waals surface area contributed by atoms with Crippen LogP contribution in [0.5, 0.6) is 17.2 Å². The van der Waals surface area contributed by atoms with E-state index in [0.29, 0.717) is 53.5 Å². The van der Waals surface area contributed by atoms with Crippen LogP contribution < -0.4 is 29.1 Å². The summed E-state index contributed by atoms with van der Waals surface area (Å²) < 4.78 is 24.1. The fourth-order valence-corrected chi connectivity index (χ4v) is 5.98. The molecule has 3 aromatic rings. The third-order valence-corrected chi connectivity index (χ3v) is 7.39. The lowest BCUT2D eigenvalue weighted by Crippen LogP contribution is -2.40. The molecule has 1 aromatic heterocycles. The molecule has 0 unspecified atom stereocenters. The third kappa shape index (κ3) is 5.71. The second-order valence-corrected chi connectivity index (χ2v) is 10.7. The van der Waals surface area contributed by atoms with Gasteiger partial charge >= 0.3 is 5.97 Å². The number of thiazole rings is 1. The van der Waals surface area contributed by atoms with Crippen LogP contribution in [0.3, 0.4) is 0 Å². The minimum atomic E-state index is -0.811. The van der Waals surface area contributed by atoms with E-state index in [0.717, 1.165) is 0 Å². The highest BCUT2D eigenvalue weighted by molar-refractivity contribution is 7.07. The summed E-state index contributed by atoms with van der Waals surface area (Å²) in [7, 11) is 3.03. The Morgan fingerprint density at radius 1 is 1.15 bits per heavy atom. The molecule has 4 rings (SSSR count). The summed E-state index contributed by atoms with van der Waals surface area (Å²) in [5, 5.41) is 0.715. The zero-order valence-electron chi connectivity index (χ0n) is 22.3. The van der Waals surface area contributed by atoms with Gasteiger partial charge in [-0.25, -0.2) is 9.79 Å². The number of methoxy groups -OCH3 is 2. The number of nitrogens with zero attached hydrogens (tertiary/aromatic N) is 2. The van der Waals surface area contributed by atoms with Crippen LogP contribution in [0.4, 0.5) is 0 Å². The van der Waals surface area contributed by atoms with Crippen LogP contribution >= 0.6 is 34.5 Å². The minimum absolute atomic E-state index is 0.0726. The van der Waals surface area contributed by atoms with Gasteiger partial charge in [0, 0.05) is 10.6 Å². The molecule has 206 valence electrons. The molecule has 0 spiro atoms. The number of benzene rings is 2. The van der Waals surface area contributed by atoms with Crippen LogP contribution in [0.15, 0.2) is 51.4 Å². The zero-order chi connectivity index (χ0) is 28.4. The van der Waals surface area contributed by atoms with Gasteiger partial charge in [0.25, 0.3) is 5.56 Å². The first-order valence-corrected chi connectivity index (χ1v) is 13.7. The molecule has 8 nitrogen and oxygen atoms in total. The fraction of sp³-hybridized carbons (Fsp3) is 0.321. The van der Waals surface area contributed by atoms with Gasteiger partial charge in [-0.1, -0.05) is 40.6 Å². The molecule has 0 bridgehead atoms. The standard InChI is InChI=1S/C28H28Cl2N2O6S/c1-7-37-27(34)23-15(4)31-28-32(24(23)16-8-9-20(38-14(2)3)21(11-16)35-5)26(33)22(39-28)12-17-10-18(29)13-19(30)25(17)36-6/h8-14,24H,7H2,1-6H3/b22-12+/t24-/m0/s1. The molecule has 11 heteroatoms. The van der Waals surface area contributed by atoms with Crippen LogP contribution in [0.2, 0.25) is 10.0 Å². The summed E-state index contributed by atoms with van der Waals surface area (Å²) in [6, 6.07) is 7.75. The number of ether oxygens (including phenoxy) is 4. The van der Waals surface area contributed by atoms with Gasteiger partial charge in [0.1, 0.15) is 5.75 Å². The molecule has 0 N–H and O–H groups in total. The molecule has 0 saturated carbocycles. The number of hydrogen-bond donors (Lipinski definition) is 0. The number of rotatable bonds is 8. The summed E-state index contributed by atoms with van der Waals surface area (Å²) in [5.41, 5.74) is 1.54. The maximum Gasteiger partial charge on any atom is 0.338 e. The van der Waals surface area contributed by atoms with E-state index in [-0.39, 0.29) is 23.8 Å². The molecular weight excluding hydrogens is 563 g/mol. The van der Waals surface area contributed by atoms with Crippen molar-refractivity contribution in [3.05, 3.63) is 82.5 Å². The molecule has 0 fully saturated rings. The SMILES string of the molecule is CCOC(=O)C1=C(C)N=c2s/c(=C/c3cc(Cl)cc(Cl)c3OC)c(=O)n2[C@H]1c1ccc(OC(C)C)c(OC)c1. The highest BCUT2D eigenvalue weighted by Gasteiger charge is 2.34. The Kier molecular flexibility index (Phi) is 8.73. The molecule has 1 atom stereocenters. The summed E-state index contributed by atoms with van der Waals surface area (Å²) in [6.45, 7) is 7.45. The van der Waals surface area contributed by atoms with Crippen molar-refractivity contribution in [1.29, 1.82) is 0 Å². The Balaban J connectivity index is 1.98. The van der Waals surface area contributed by atoms with Gasteiger partial charge in [-0.2, -0.15) is 0 Å². The number of esters is 1. The van der Waals surface area contributed by atoms with Crippen molar-refractivity contribution in [2.75, 3.05) is 20.8 Å². The first-order valence-electron chi connectivity index (χ1n) is 12.2. The van der Waals surface area contributed by atoms with Crippen molar-refractivity contribution < 1.29 is 23.7 Å². The van der Waals surface area contributed by atoms with Crippen molar-refractivity contribution in [2.45, 2.75) is 39.8 Å². The van der Waals surface area contributed by atoms with Crippen molar-refractivity contribution >= 4 is 46.6 Å². The number of carbonyl (C=O) groups is 1. The summed E-state index contributed by atoms with van der Waals surface area (Å²) in [6.07, 6.45) is 1.58. The zero-order valence-corrected chi connectivity index (χ0v) is 24.7. The van der Waals surface area contributed by atoms with Crippen LogP contribution in [0, 0.1) is 0 Å². The molecule has 1 aliphatic rings. The molecule has 1 aliphatic heterocycles. The number of hydrogen-bond acceptors (Lipinski definition) is 8. The predicted molar refractivity (Wildman–Crippen MR) is 152 cm³/mol. The second kappa shape index (κ2) is 11.9. The lowest BCUT2D eigenvalue weighted by Gasteiger charge is -2.25. The van der Waals surface area contributed by atoms with E-state index in [9.17, 15) is 9.59 Å². The van der Waals surface area contributed by atoms with E-state index >= 15 is 0 Å². The minimum Gasteiger partial charge on any atom is -0.495 e. The van der Waals surface area contributed by atoms with Gasteiger partial charge in [-0.05, 0) is 63.6 Å². The number of fused-ring (bicyclic) bond motifs is 1. The van der Waals surface area contributed by atoms with E-state index in [4.69, 9.17) is 42.1 Å². The van der Waals surface area contributed by atoms with Gasteiger partial charge in [0.15, 0.2) is 16.3 Å². The average Bonchev–Trinajstić information content (AvgIpc) is 3.17. The highest BCUT2D eigenvalue weighted by atomic mass is 35.5.